The average Bonchev–Trinajstić information content (AvgIpc) is 3.02. The Labute approximate surface area is 151 Å². The van der Waals surface area contributed by atoms with Crippen molar-refractivity contribution in [3.8, 4) is 5.75 Å². The van der Waals surface area contributed by atoms with Gasteiger partial charge >= 0.3 is 0 Å². The van der Waals surface area contributed by atoms with Crippen LogP contribution in [0.4, 0.5) is 0 Å². The Balaban J connectivity index is 1.91. The zero-order valence-electron chi connectivity index (χ0n) is 14.0. The Morgan fingerprint density at radius 3 is 2.56 bits per heavy atom. The fourth-order valence-electron chi connectivity index (χ4n) is 3.22. The summed E-state index contributed by atoms with van der Waals surface area (Å²) < 4.78 is 5.50. The van der Waals surface area contributed by atoms with Crippen LogP contribution in [0, 0.1) is 0 Å². The van der Waals surface area contributed by atoms with Gasteiger partial charge in [-0.2, -0.15) is 0 Å². The molecule has 1 aromatic heterocycles. The van der Waals surface area contributed by atoms with Crippen molar-refractivity contribution < 1.29 is 9.53 Å². The van der Waals surface area contributed by atoms with Gasteiger partial charge in [0.05, 0.1) is 6.61 Å². The highest BCUT2D eigenvalue weighted by molar-refractivity contribution is 6.30. The van der Waals surface area contributed by atoms with E-state index in [-0.39, 0.29) is 28.4 Å². The van der Waals surface area contributed by atoms with E-state index in [4.69, 9.17) is 16.3 Å². The summed E-state index contributed by atoms with van der Waals surface area (Å²) in [7, 11) is 0. The van der Waals surface area contributed by atoms with E-state index in [1.165, 1.54) is 0 Å². The number of hydrogen-bond acceptors (Lipinski definition) is 3. The van der Waals surface area contributed by atoms with E-state index in [2.05, 4.69) is 10.3 Å². The van der Waals surface area contributed by atoms with E-state index in [1.807, 2.05) is 37.3 Å². The summed E-state index contributed by atoms with van der Waals surface area (Å²) in [5, 5.41) is 3.17. The van der Waals surface area contributed by atoms with Crippen LogP contribution in [0.3, 0.4) is 0 Å². The first-order chi connectivity index (χ1) is 12.1. The van der Waals surface area contributed by atoms with Gasteiger partial charge in [0.15, 0.2) is 0 Å². The maximum absolute atomic E-state index is 11.9. The highest BCUT2D eigenvalue weighted by atomic mass is 35.5. The number of ether oxygens (including phenoxy) is 1. The number of nitrogens with one attached hydrogen (secondary N) is 2. The molecule has 2 atom stereocenters. The monoisotopic (exact) mass is 360 g/mol. The van der Waals surface area contributed by atoms with Crippen LogP contribution < -0.4 is 15.6 Å². The summed E-state index contributed by atoms with van der Waals surface area (Å²) >= 11 is 5.86. The third kappa shape index (κ3) is 4.23. The predicted octanol–water partition coefficient (Wildman–Crippen LogP) is 3.23. The van der Waals surface area contributed by atoms with Gasteiger partial charge in [-0.25, -0.2) is 0 Å². The minimum Gasteiger partial charge on any atom is -0.494 e. The van der Waals surface area contributed by atoms with Crippen molar-refractivity contribution in [1.29, 1.82) is 0 Å². The smallest absolute Gasteiger partial charge is 0.266 e. The topological polar surface area (TPSA) is 71.2 Å². The number of hydrogen-bond donors (Lipinski definition) is 2. The van der Waals surface area contributed by atoms with Crippen molar-refractivity contribution in [3.63, 3.8) is 0 Å². The second kappa shape index (κ2) is 7.74. The maximum Gasteiger partial charge on any atom is 0.266 e. The molecular formula is C19H21ClN2O3. The van der Waals surface area contributed by atoms with Gasteiger partial charge in [0, 0.05) is 24.1 Å². The van der Waals surface area contributed by atoms with Crippen LogP contribution >= 0.6 is 11.6 Å². The number of pyridine rings is 1. The number of aromatic amines is 1. The van der Waals surface area contributed by atoms with E-state index in [1.54, 1.807) is 6.07 Å². The highest BCUT2D eigenvalue weighted by Gasteiger charge is 2.26. The molecule has 0 radical (unpaired) electrons. The molecule has 1 amide bonds. The van der Waals surface area contributed by atoms with Crippen molar-refractivity contribution in [2.45, 2.75) is 38.1 Å². The highest BCUT2D eigenvalue weighted by Crippen LogP contribution is 2.31. The Kier molecular flexibility index (Phi) is 5.43. The minimum atomic E-state index is -0.300. The summed E-state index contributed by atoms with van der Waals surface area (Å²) in [5.41, 5.74) is 1.55. The van der Waals surface area contributed by atoms with Gasteiger partial charge in [-0.05, 0) is 49.6 Å². The molecule has 0 bridgehead atoms. The Bertz CT molecular complexity index is 801. The molecular weight excluding hydrogens is 340 g/mol. The van der Waals surface area contributed by atoms with Gasteiger partial charge in [-0.15, -0.1) is 0 Å². The summed E-state index contributed by atoms with van der Waals surface area (Å²) in [6, 6.07) is 11.4. The normalized spacial score (nSPS) is 18.0. The van der Waals surface area contributed by atoms with Gasteiger partial charge in [-0.1, -0.05) is 23.7 Å². The molecule has 0 spiro atoms. The summed E-state index contributed by atoms with van der Waals surface area (Å²) in [4.78, 5) is 26.3. The number of carbonyl (C=O) groups is 1. The molecule has 25 heavy (non-hydrogen) atoms. The van der Waals surface area contributed by atoms with Crippen LogP contribution in [0.2, 0.25) is 5.02 Å². The van der Waals surface area contributed by atoms with Crippen molar-refractivity contribution in [1.82, 2.24) is 10.3 Å². The first-order valence-corrected chi connectivity index (χ1v) is 8.85. The Morgan fingerprint density at radius 1 is 1.20 bits per heavy atom. The summed E-state index contributed by atoms with van der Waals surface area (Å²) in [6.45, 7) is 2.55. The number of amides is 1. The first kappa shape index (κ1) is 17.5. The minimum absolute atomic E-state index is 0.0379. The summed E-state index contributed by atoms with van der Waals surface area (Å²) in [6.07, 6.45) is 2.08. The number of halogens is 1. The molecule has 6 heteroatoms. The van der Waals surface area contributed by atoms with Crippen molar-refractivity contribution in [2.75, 3.05) is 6.61 Å². The van der Waals surface area contributed by atoms with E-state index >= 15 is 0 Å². The zero-order valence-corrected chi connectivity index (χ0v) is 14.8. The van der Waals surface area contributed by atoms with E-state index < -0.39 is 0 Å². The predicted molar refractivity (Wildman–Crippen MR) is 97.3 cm³/mol. The molecule has 0 aliphatic carbocycles. The fraction of sp³-hybridized carbons (Fsp3) is 0.368. The quantitative estimate of drug-likeness (QED) is 0.830. The number of H-pyrrole nitrogens is 1. The third-order valence-electron chi connectivity index (χ3n) is 4.46. The fourth-order valence-corrected chi connectivity index (χ4v) is 3.33. The van der Waals surface area contributed by atoms with Crippen LogP contribution in [0.25, 0.3) is 0 Å². The largest absolute Gasteiger partial charge is 0.494 e. The SMILES string of the molecule is CCOc1ccc(C(C[C@H]2CCC(=O)N2)c2ccc(Cl)c(=O)[nH]2)cc1. The van der Waals surface area contributed by atoms with Crippen LogP contribution in [0.1, 0.15) is 43.4 Å². The molecule has 132 valence electrons. The molecule has 2 heterocycles. The van der Waals surface area contributed by atoms with Crippen LogP contribution in [0.5, 0.6) is 5.75 Å². The van der Waals surface area contributed by atoms with Gasteiger partial charge in [0.2, 0.25) is 5.91 Å². The lowest BCUT2D eigenvalue weighted by Gasteiger charge is -2.22. The average molecular weight is 361 g/mol. The van der Waals surface area contributed by atoms with Gasteiger partial charge in [0.25, 0.3) is 5.56 Å². The van der Waals surface area contributed by atoms with Crippen molar-refractivity contribution in [3.05, 3.63) is 63.0 Å². The van der Waals surface area contributed by atoms with Crippen molar-refractivity contribution in [2.24, 2.45) is 0 Å². The van der Waals surface area contributed by atoms with Gasteiger partial charge < -0.3 is 15.0 Å². The van der Waals surface area contributed by atoms with Crippen LogP contribution in [-0.4, -0.2) is 23.5 Å². The molecule has 1 aliphatic heterocycles. The Morgan fingerprint density at radius 2 is 1.96 bits per heavy atom. The van der Waals surface area contributed by atoms with Gasteiger partial charge in [0.1, 0.15) is 10.8 Å². The molecule has 3 rings (SSSR count). The standard InChI is InChI=1S/C19H21ClN2O3/c1-2-25-14-6-3-12(4-7-14)15(11-13-5-10-18(23)21-13)17-9-8-16(20)19(24)22-17/h3-4,6-9,13,15H,2,5,10-11H2,1H3,(H,21,23)(H,22,24)/t13-,15?/m1/s1. The lowest BCUT2D eigenvalue weighted by atomic mass is 9.88. The van der Waals surface area contributed by atoms with E-state index in [0.717, 1.165) is 29.8 Å². The molecule has 1 saturated heterocycles. The Hall–Kier alpha value is -2.27. The number of benzene rings is 1. The van der Waals surface area contributed by atoms with E-state index in [9.17, 15) is 9.59 Å². The number of aromatic nitrogens is 1. The zero-order chi connectivity index (χ0) is 17.8. The summed E-state index contributed by atoms with van der Waals surface area (Å²) in [5.74, 6) is 0.854. The molecule has 1 fully saturated rings. The lowest BCUT2D eigenvalue weighted by molar-refractivity contribution is -0.119. The number of carbonyl (C=O) groups excluding carboxylic acids is 1. The second-order valence-electron chi connectivity index (χ2n) is 6.18. The number of rotatable bonds is 6. The van der Waals surface area contributed by atoms with Crippen LogP contribution in [0.15, 0.2) is 41.2 Å². The molecule has 1 aromatic carbocycles. The van der Waals surface area contributed by atoms with Crippen molar-refractivity contribution >= 4 is 17.5 Å². The molecule has 0 saturated carbocycles. The third-order valence-corrected chi connectivity index (χ3v) is 4.76. The lowest BCUT2D eigenvalue weighted by Crippen LogP contribution is -2.28. The molecule has 2 aromatic rings. The molecule has 2 N–H and O–H groups in total. The van der Waals surface area contributed by atoms with Gasteiger partial charge in [-0.3, -0.25) is 9.59 Å². The maximum atomic E-state index is 11.9. The second-order valence-corrected chi connectivity index (χ2v) is 6.59. The van der Waals surface area contributed by atoms with Crippen LogP contribution in [-0.2, 0) is 4.79 Å². The first-order valence-electron chi connectivity index (χ1n) is 8.47. The van der Waals surface area contributed by atoms with E-state index in [0.29, 0.717) is 13.0 Å². The molecule has 1 aliphatic rings. The molecule has 1 unspecified atom stereocenters. The molecule has 5 nitrogen and oxygen atoms in total.